The van der Waals surface area contributed by atoms with Crippen molar-refractivity contribution in [3.05, 3.63) is 58.7 Å². The van der Waals surface area contributed by atoms with Crippen molar-refractivity contribution in [1.29, 1.82) is 0 Å². The monoisotopic (exact) mass is 329 g/mol. The van der Waals surface area contributed by atoms with E-state index >= 15 is 0 Å². The van der Waals surface area contributed by atoms with Crippen LogP contribution in [0.5, 0.6) is 5.75 Å². The molecule has 0 unspecified atom stereocenters. The van der Waals surface area contributed by atoms with Crippen molar-refractivity contribution in [2.75, 3.05) is 12.4 Å². The lowest BCUT2D eigenvalue weighted by molar-refractivity contribution is 0.304. The normalized spacial score (nSPS) is 10.3. The summed E-state index contributed by atoms with van der Waals surface area (Å²) >= 11 is 5.08. The second kappa shape index (κ2) is 7.97. The summed E-state index contributed by atoms with van der Waals surface area (Å²) in [5.41, 5.74) is 5.60. The first kappa shape index (κ1) is 17.3. The van der Waals surface area contributed by atoms with Crippen LogP contribution in [0.25, 0.3) is 0 Å². The third kappa shape index (κ3) is 4.70. The number of anilines is 1. The van der Waals surface area contributed by atoms with Crippen LogP contribution in [0.2, 0.25) is 0 Å². The second-order valence-corrected chi connectivity index (χ2v) is 5.89. The highest BCUT2D eigenvalue weighted by molar-refractivity contribution is 7.80. The van der Waals surface area contributed by atoms with E-state index in [2.05, 4.69) is 44.3 Å². The highest BCUT2D eigenvalue weighted by atomic mass is 32.1. The fourth-order valence-electron chi connectivity index (χ4n) is 2.37. The van der Waals surface area contributed by atoms with E-state index in [4.69, 9.17) is 21.7 Å². The summed E-state index contributed by atoms with van der Waals surface area (Å²) in [5, 5.41) is 3.43. The number of benzene rings is 2. The van der Waals surface area contributed by atoms with Gasteiger partial charge in [0.25, 0.3) is 5.17 Å². The molecular weight excluding hydrogens is 306 g/mol. The van der Waals surface area contributed by atoms with E-state index in [-0.39, 0.29) is 0 Å². The average Bonchev–Trinajstić information content (AvgIpc) is 2.55. The molecule has 0 aliphatic rings. The summed E-state index contributed by atoms with van der Waals surface area (Å²) < 4.78 is 11.0. The Kier molecular flexibility index (Phi) is 5.99. The molecule has 0 bridgehead atoms. The number of thiocarbonyl (C=S) groups is 1. The summed E-state index contributed by atoms with van der Waals surface area (Å²) in [6.07, 6.45) is 1.03. The maximum absolute atomic E-state index is 6.01. The Morgan fingerprint density at radius 2 is 1.91 bits per heavy atom. The summed E-state index contributed by atoms with van der Waals surface area (Å²) in [5.74, 6) is 0.906. The highest BCUT2D eigenvalue weighted by Gasteiger charge is 2.07. The van der Waals surface area contributed by atoms with Crippen LogP contribution in [0.3, 0.4) is 0 Å². The number of ether oxygens (including phenoxy) is 2. The van der Waals surface area contributed by atoms with Gasteiger partial charge in [0.05, 0.1) is 7.11 Å². The lowest BCUT2D eigenvalue weighted by atomic mass is 10.1. The standard InChI is InChI=1S/C19H23NO2S/c1-5-15-7-9-18(14(3)11-15)22-12-16-10-13(2)6-8-17(16)20-19(23)21-4/h6-11H,5,12H2,1-4H3,(H,20,23). The molecule has 0 saturated carbocycles. The number of hydrogen-bond acceptors (Lipinski definition) is 3. The average molecular weight is 329 g/mol. The summed E-state index contributed by atoms with van der Waals surface area (Å²) in [7, 11) is 1.55. The van der Waals surface area contributed by atoms with E-state index in [0.717, 1.165) is 29.0 Å². The molecule has 0 spiro atoms. The first-order chi connectivity index (χ1) is 11.0. The van der Waals surface area contributed by atoms with E-state index < -0.39 is 0 Å². The van der Waals surface area contributed by atoms with Crippen LogP contribution in [0.1, 0.15) is 29.2 Å². The van der Waals surface area contributed by atoms with Crippen LogP contribution < -0.4 is 10.1 Å². The Morgan fingerprint density at radius 3 is 2.57 bits per heavy atom. The lowest BCUT2D eigenvalue weighted by Gasteiger charge is -2.15. The molecule has 23 heavy (non-hydrogen) atoms. The predicted octanol–water partition coefficient (Wildman–Crippen LogP) is 4.79. The minimum absolute atomic E-state index is 0.346. The quantitative estimate of drug-likeness (QED) is 0.799. The van der Waals surface area contributed by atoms with E-state index in [1.807, 2.05) is 18.2 Å². The molecule has 1 N–H and O–H groups in total. The molecule has 0 amide bonds. The molecule has 4 heteroatoms. The van der Waals surface area contributed by atoms with Gasteiger partial charge in [0.1, 0.15) is 12.4 Å². The molecule has 3 nitrogen and oxygen atoms in total. The van der Waals surface area contributed by atoms with E-state index in [1.54, 1.807) is 7.11 Å². The van der Waals surface area contributed by atoms with Crippen LogP contribution in [-0.4, -0.2) is 12.3 Å². The zero-order chi connectivity index (χ0) is 16.8. The van der Waals surface area contributed by atoms with Gasteiger partial charge in [-0.2, -0.15) is 0 Å². The van der Waals surface area contributed by atoms with Crippen molar-refractivity contribution in [2.45, 2.75) is 33.8 Å². The fraction of sp³-hybridized carbons (Fsp3) is 0.316. The SMILES string of the molecule is CCc1ccc(OCc2cc(C)ccc2NC(=S)OC)c(C)c1. The molecule has 2 aromatic rings. The predicted molar refractivity (Wildman–Crippen MR) is 99.3 cm³/mol. The summed E-state index contributed by atoms with van der Waals surface area (Å²) in [6, 6.07) is 12.4. The fourth-order valence-corrected chi connectivity index (χ4v) is 2.48. The van der Waals surface area contributed by atoms with Gasteiger partial charge in [0.2, 0.25) is 0 Å². The van der Waals surface area contributed by atoms with Crippen molar-refractivity contribution in [3.63, 3.8) is 0 Å². The lowest BCUT2D eigenvalue weighted by Crippen LogP contribution is -2.13. The number of rotatable bonds is 5. The third-order valence-electron chi connectivity index (χ3n) is 3.71. The minimum Gasteiger partial charge on any atom is -0.489 e. The van der Waals surface area contributed by atoms with Crippen molar-refractivity contribution >= 4 is 23.1 Å². The van der Waals surface area contributed by atoms with Crippen molar-refractivity contribution in [3.8, 4) is 5.75 Å². The van der Waals surface area contributed by atoms with Gasteiger partial charge in [-0.25, -0.2) is 0 Å². The zero-order valence-corrected chi connectivity index (χ0v) is 14.9. The summed E-state index contributed by atoms with van der Waals surface area (Å²) in [4.78, 5) is 0. The Labute approximate surface area is 143 Å². The number of hydrogen-bond donors (Lipinski definition) is 1. The topological polar surface area (TPSA) is 30.5 Å². The number of aryl methyl sites for hydroxylation is 3. The van der Waals surface area contributed by atoms with Gasteiger partial charge in [0.15, 0.2) is 0 Å². The highest BCUT2D eigenvalue weighted by Crippen LogP contribution is 2.24. The molecular formula is C19H23NO2S. The van der Waals surface area contributed by atoms with Crippen molar-refractivity contribution in [1.82, 2.24) is 0 Å². The van der Waals surface area contributed by atoms with Gasteiger partial charge in [-0.3, -0.25) is 0 Å². The second-order valence-electron chi connectivity index (χ2n) is 5.52. The first-order valence-electron chi connectivity index (χ1n) is 7.70. The van der Waals surface area contributed by atoms with Gasteiger partial charge in [-0.15, -0.1) is 0 Å². The Bertz CT molecular complexity index is 698. The molecule has 0 aromatic heterocycles. The maximum atomic E-state index is 6.01. The van der Waals surface area contributed by atoms with E-state index in [0.29, 0.717) is 11.8 Å². The van der Waals surface area contributed by atoms with Crippen LogP contribution in [0, 0.1) is 13.8 Å². The molecule has 0 atom stereocenters. The van der Waals surface area contributed by atoms with Crippen LogP contribution in [-0.2, 0) is 17.8 Å². The number of methoxy groups -OCH3 is 1. The molecule has 0 saturated heterocycles. The van der Waals surface area contributed by atoms with Crippen LogP contribution in [0.15, 0.2) is 36.4 Å². The zero-order valence-electron chi connectivity index (χ0n) is 14.1. The molecule has 122 valence electrons. The Balaban J connectivity index is 2.16. The minimum atomic E-state index is 0.346. The van der Waals surface area contributed by atoms with Gasteiger partial charge in [-0.1, -0.05) is 36.8 Å². The summed E-state index contributed by atoms with van der Waals surface area (Å²) in [6.45, 7) is 6.76. The van der Waals surface area contributed by atoms with E-state index in [1.165, 1.54) is 11.1 Å². The van der Waals surface area contributed by atoms with Crippen LogP contribution >= 0.6 is 12.2 Å². The van der Waals surface area contributed by atoms with Gasteiger partial charge < -0.3 is 14.8 Å². The Morgan fingerprint density at radius 1 is 1.13 bits per heavy atom. The molecule has 0 heterocycles. The molecule has 0 aliphatic heterocycles. The molecule has 0 fully saturated rings. The Hall–Kier alpha value is -2.07. The third-order valence-corrected chi connectivity index (χ3v) is 3.98. The smallest absolute Gasteiger partial charge is 0.260 e. The van der Waals surface area contributed by atoms with Gasteiger partial charge in [0, 0.05) is 11.3 Å². The molecule has 0 aliphatic carbocycles. The molecule has 2 aromatic carbocycles. The van der Waals surface area contributed by atoms with Gasteiger partial charge >= 0.3 is 0 Å². The molecule has 0 radical (unpaired) electrons. The van der Waals surface area contributed by atoms with E-state index in [9.17, 15) is 0 Å². The van der Waals surface area contributed by atoms with Gasteiger partial charge in [-0.05, 0) is 55.7 Å². The van der Waals surface area contributed by atoms with Crippen molar-refractivity contribution in [2.24, 2.45) is 0 Å². The van der Waals surface area contributed by atoms with Crippen molar-refractivity contribution < 1.29 is 9.47 Å². The number of nitrogens with one attached hydrogen (secondary N) is 1. The van der Waals surface area contributed by atoms with Crippen LogP contribution in [0.4, 0.5) is 5.69 Å². The molecule has 2 rings (SSSR count). The first-order valence-corrected chi connectivity index (χ1v) is 8.11. The maximum Gasteiger partial charge on any atom is 0.260 e. The largest absolute Gasteiger partial charge is 0.489 e.